The number of halogens is 4. The predicted molar refractivity (Wildman–Crippen MR) is 123 cm³/mol. The second kappa shape index (κ2) is 10.5. The summed E-state index contributed by atoms with van der Waals surface area (Å²) in [4.78, 5) is 24.8. The number of ether oxygens (including phenoxy) is 2. The third kappa shape index (κ3) is 6.41. The minimum absolute atomic E-state index is 0.0177. The van der Waals surface area contributed by atoms with Crippen LogP contribution in [0, 0.1) is 0 Å². The Morgan fingerprint density at radius 2 is 1.62 bits per heavy atom. The lowest BCUT2D eigenvalue weighted by Crippen LogP contribution is -2.30. The highest BCUT2D eigenvalue weighted by Crippen LogP contribution is 2.31. The molecule has 0 saturated heterocycles. The van der Waals surface area contributed by atoms with Crippen LogP contribution in [0.1, 0.15) is 22.8 Å². The summed E-state index contributed by atoms with van der Waals surface area (Å²) in [7, 11) is 1.48. The molecule has 1 unspecified atom stereocenters. The number of hydrogen-bond acceptors (Lipinski definition) is 4. The van der Waals surface area contributed by atoms with Crippen LogP contribution in [0.2, 0.25) is 5.02 Å². The number of alkyl halides is 3. The molecule has 2 amide bonds. The average Bonchev–Trinajstić information content (AvgIpc) is 2.79. The molecule has 0 bridgehead atoms. The topological polar surface area (TPSA) is 76.7 Å². The van der Waals surface area contributed by atoms with Crippen LogP contribution in [0.4, 0.5) is 24.5 Å². The first kappa shape index (κ1) is 24.9. The van der Waals surface area contributed by atoms with Gasteiger partial charge in [0.25, 0.3) is 11.8 Å². The number of nitrogens with one attached hydrogen (secondary N) is 2. The Kier molecular flexibility index (Phi) is 7.68. The van der Waals surface area contributed by atoms with E-state index in [0.717, 1.165) is 12.1 Å². The van der Waals surface area contributed by atoms with E-state index in [2.05, 4.69) is 10.6 Å². The van der Waals surface area contributed by atoms with E-state index in [1.807, 2.05) is 0 Å². The number of hydrogen-bond donors (Lipinski definition) is 2. The molecule has 0 heterocycles. The van der Waals surface area contributed by atoms with Crippen molar-refractivity contribution in [2.24, 2.45) is 0 Å². The van der Waals surface area contributed by atoms with Crippen molar-refractivity contribution in [1.82, 2.24) is 0 Å². The van der Waals surface area contributed by atoms with E-state index >= 15 is 0 Å². The molecule has 3 rings (SSSR count). The summed E-state index contributed by atoms with van der Waals surface area (Å²) in [5, 5.41) is 5.44. The van der Waals surface area contributed by atoms with Crippen molar-refractivity contribution in [2.45, 2.75) is 19.2 Å². The van der Waals surface area contributed by atoms with Gasteiger partial charge in [0.15, 0.2) is 6.10 Å². The number of carbonyl (C=O) groups is 2. The zero-order chi connectivity index (χ0) is 24.9. The molecular formula is C24H20ClF3N2O4. The first-order valence-electron chi connectivity index (χ1n) is 9.96. The van der Waals surface area contributed by atoms with Crippen molar-refractivity contribution in [3.05, 3.63) is 82.9 Å². The maximum Gasteiger partial charge on any atom is 0.416 e. The fraction of sp³-hybridized carbons (Fsp3) is 0.167. The first-order valence-corrected chi connectivity index (χ1v) is 10.3. The lowest BCUT2D eigenvalue weighted by Gasteiger charge is -2.15. The molecule has 0 spiro atoms. The van der Waals surface area contributed by atoms with E-state index in [4.69, 9.17) is 21.1 Å². The Morgan fingerprint density at radius 3 is 2.24 bits per heavy atom. The summed E-state index contributed by atoms with van der Waals surface area (Å²) < 4.78 is 49.2. The van der Waals surface area contributed by atoms with Gasteiger partial charge in [-0.25, -0.2) is 0 Å². The molecule has 0 radical (unpaired) electrons. The van der Waals surface area contributed by atoms with Crippen LogP contribution in [-0.4, -0.2) is 25.0 Å². The molecule has 0 fully saturated rings. The standard InChI is InChI=1S/C24H20ClF3N2O4/c1-14(22(31)29-18-8-11-21(33-2)20(25)13-18)34-19-9-6-15(7-10-19)23(32)30-17-5-3-4-16(12-17)24(26,27)28/h3-14H,1-2H3,(H,29,31)(H,30,32). The average molecular weight is 493 g/mol. The van der Waals surface area contributed by atoms with Crippen molar-refractivity contribution in [3.8, 4) is 11.5 Å². The molecule has 3 aromatic carbocycles. The highest BCUT2D eigenvalue weighted by molar-refractivity contribution is 6.32. The number of benzene rings is 3. The molecule has 0 aliphatic carbocycles. The molecule has 178 valence electrons. The fourth-order valence-electron chi connectivity index (χ4n) is 2.91. The monoisotopic (exact) mass is 492 g/mol. The maximum absolute atomic E-state index is 12.8. The maximum atomic E-state index is 12.8. The minimum Gasteiger partial charge on any atom is -0.495 e. The Balaban J connectivity index is 1.59. The van der Waals surface area contributed by atoms with Crippen LogP contribution in [-0.2, 0) is 11.0 Å². The van der Waals surface area contributed by atoms with Crippen LogP contribution in [0.25, 0.3) is 0 Å². The highest BCUT2D eigenvalue weighted by atomic mass is 35.5. The van der Waals surface area contributed by atoms with E-state index in [1.54, 1.807) is 25.1 Å². The predicted octanol–water partition coefficient (Wildman–Crippen LogP) is 6.03. The van der Waals surface area contributed by atoms with Gasteiger partial charge in [-0.15, -0.1) is 0 Å². The molecule has 3 aromatic rings. The summed E-state index contributed by atoms with van der Waals surface area (Å²) in [6.45, 7) is 1.55. The van der Waals surface area contributed by atoms with Crippen molar-refractivity contribution in [2.75, 3.05) is 17.7 Å². The van der Waals surface area contributed by atoms with E-state index < -0.39 is 29.7 Å². The Morgan fingerprint density at radius 1 is 0.941 bits per heavy atom. The van der Waals surface area contributed by atoms with Gasteiger partial charge in [0.2, 0.25) is 0 Å². The van der Waals surface area contributed by atoms with E-state index in [-0.39, 0.29) is 11.3 Å². The van der Waals surface area contributed by atoms with E-state index in [1.165, 1.54) is 43.5 Å². The van der Waals surface area contributed by atoms with Crippen molar-refractivity contribution in [3.63, 3.8) is 0 Å². The van der Waals surface area contributed by atoms with Crippen LogP contribution >= 0.6 is 11.6 Å². The third-order valence-corrected chi connectivity index (χ3v) is 4.96. The van der Waals surface area contributed by atoms with E-state index in [0.29, 0.717) is 22.2 Å². The molecule has 0 aromatic heterocycles. The van der Waals surface area contributed by atoms with Crippen LogP contribution in [0.5, 0.6) is 11.5 Å². The zero-order valence-corrected chi connectivity index (χ0v) is 18.8. The van der Waals surface area contributed by atoms with Crippen molar-refractivity contribution < 1.29 is 32.2 Å². The summed E-state index contributed by atoms with van der Waals surface area (Å²) in [5.41, 5.74) is -0.176. The number of anilines is 2. The van der Waals surface area contributed by atoms with Gasteiger partial charge in [0.05, 0.1) is 17.7 Å². The van der Waals surface area contributed by atoms with Crippen molar-refractivity contribution >= 4 is 34.8 Å². The Labute approximate surface area is 198 Å². The molecule has 0 aliphatic heterocycles. The third-order valence-electron chi connectivity index (χ3n) is 4.67. The van der Waals surface area contributed by atoms with Crippen LogP contribution < -0.4 is 20.1 Å². The Hall–Kier alpha value is -3.72. The molecule has 0 saturated carbocycles. The Bertz CT molecular complexity index is 1180. The number of carbonyl (C=O) groups excluding carboxylic acids is 2. The number of methoxy groups -OCH3 is 1. The number of rotatable bonds is 7. The highest BCUT2D eigenvalue weighted by Gasteiger charge is 2.30. The van der Waals surface area contributed by atoms with Gasteiger partial charge in [-0.2, -0.15) is 13.2 Å². The van der Waals surface area contributed by atoms with Crippen LogP contribution in [0.3, 0.4) is 0 Å². The quantitative estimate of drug-likeness (QED) is 0.422. The lowest BCUT2D eigenvalue weighted by molar-refractivity contribution is -0.137. The molecule has 6 nitrogen and oxygen atoms in total. The minimum atomic E-state index is -4.51. The largest absolute Gasteiger partial charge is 0.495 e. The van der Waals surface area contributed by atoms with Gasteiger partial charge in [-0.1, -0.05) is 17.7 Å². The second-order valence-corrected chi connectivity index (χ2v) is 7.56. The van der Waals surface area contributed by atoms with Gasteiger partial charge in [0, 0.05) is 16.9 Å². The van der Waals surface area contributed by atoms with Crippen molar-refractivity contribution in [1.29, 1.82) is 0 Å². The van der Waals surface area contributed by atoms with Gasteiger partial charge in [0.1, 0.15) is 11.5 Å². The molecular weight excluding hydrogens is 473 g/mol. The molecule has 2 N–H and O–H groups in total. The van der Waals surface area contributed by atoms with Gasteiger partial charge >= 0.3 is 6.18 Å². The van der Waals surface area contributed by atoms with E-state index in [9.17, 15) is 22.8 Å². The molecule has 10 heteroatoms. The summed E-state index contributed by atoms with van der Waals surface area (Å²) in [6, 6.07) is 15.0. The zero-order valence-electron chi connectivity index (χ0n) is 18.1. The van der Waals surface area contributed by atoms with Gasteiger partial charge in [-0.3, -0.25) is 9.59 Å². The summed E-state index contributed by atoms with van der Waals surface area (Å²) >= 11 is 6.05. The van der Waals surface area contributed by atoms with Gasteiger partial charge in [-0.05, 0) is 67.6 Å². The molecule has 0 aliphatic rings. The SMILES string of the molecule is COc1ccc(NC(=O)C(C)Oc2ccc(C(=O)Nc3cccc(C(F)(F)F)c3)cc2)cc1Cl. The molecule has 34 heavy (non-hydrogen) atoms. The summed E-state index contributed by atoms with van der Waals surface area (Å²) in [5.74, 6) is -0.215. The molecule has 1 atom stereocenters. The lowest BCUT2D eigenvalue weighted by atomic mass is 10.1. The normalized spacial score (nSPS) is 11.9. The fourth-order valence-corrected chi connectivity index (χ4v) is 3.16. The smallest absolute Gasteiger partial charge is 0.416 e. The second-order valence-electron chi connectivity index (χ2n) is 7.16. The van der Waals surface area contributed by atoms with Crippen LogP contribution in [0.15, 0.2) is 66.7 Å². The first-order chi connectivity index (χ1) is 16.1. The van der Waals surface area contributed by atoms with Gasteiger partial charge < -0.3 is 20.1 Å². The number of amides is 2. The summed E-state index contributed by atoms with van der Waals surface area (Å²) in [6.07, 6.45) is -5.38.